The van der Waals surface area contributed by atoms with Crippen LogP contribution in [0.4, 0.5) is 15.8 Å². The zero-order valence-corrected chi connectivity index (χ0v) is 25.2. The molecular formula is C37H30FN3O3S. The fourth-order valence-electron chi connectivity index (χ4n) is 4.45. The van der Waals surface area contributed by atoms with Crippen molar-refractivity contribution in [2.24, 2.45) is 0 Å². The van der Waals surface area contributed by atoms with Gasteiger partial charge in [0.05, 0.1) is 0 Å². The number of para-hydroxylation sites is 1. The number of carbonyl (C=O) groups is 3. The Balaban J connectivity index is 1.33. The van der Waals surface area contributed by atoms with Gasteiger partial charge in [0.15, 0.2) is 0 Å². The van der Waals surface area contributed by atoms with Crippen molar-refractivity contribution >= 4 is 46.9 Å². The molecule has 5 rings (SSSR count). The van der Waals surface area contributed by atoms with Crippen LogP contribution < -0.4 is 16.0 Å². The normalized spacial score (nSPS) is 11.7. The van der Waals surface area contributed by atoms with Crippen molar-refractivity contribution in [1.29, 1.82) is 0 Å². The number of rotatable bonds is 10. The minimum Gasteiger partial charge on any atom is -0.325 e. The number of hydrogen-bond acceptors (Lipinski definition) is 4. The first-order chi connectivity index (χ1) is 21.9. The first-order valence-corrected chi connectivity index (χ1v) is 15.1. The summed E-state index contributed by atoms with van der Waals surface area (Å²) in [4.78, 5) is 40.5. The topological polar surface area (TPSA) is 87.3 Å². The number of aryl methyl sites for hydroxylation is 1. The van der Waals surface area contributed by atoms with E-state index in [4.69, 9.17) is 0 Å². The third kappa shape index (κ3) is 8.34. The molecule has 5 aromatic rings. The lowest BCUT2D eigenvalue weighted by Crippen LogP contribution is -2.30. The van der Waals surface area contributed by atoms with Crippen molar-refractivity contribution in [3.63, 3.8) is 0 Å². The molecular weight excluding hydrogens is 585 g/mol. The third-order valence-corrected chi connectivity index (χ3v) is 8.11. The maximum atomic E-state index is 14.5. The van der Waals surface area contributed by atoms with Crippen LogP contribution in [0.25, 0.3) is 6.08 Å². The summed E-state index contributed by atoms with van der Waals surface area (Å²) in [6, 6.07) is 38.6. The number of benzene rings is 5. The summed E-state index contributed by atoms with van der Waals surface area (Å²) >= 11 is 1.38. The van der Waals surface area contributed by atoms with Crippen LogP contribution in [-0.2, 0) is 9.59 Å². The highest BCUT2D eigenvalue weighted by Crippen LogP contribution is 2.37. The van der Waals surface area contributed by atoms with Crippen molar-refractivity contribution in [3.05, 3.63) is 167 Å². The maximum Gasteiger partial charge on any atom is 0.272 e. The van der Waals surface area contributed by atoms with E-state index < -0.39 is 22.9 Å². The molecule has 0 bridgehead atoms. The largest absolute Gasteiger partial charge is 0.325 e. The van der Waals surface area contributed by atoms with Gasteiger partial charge >= 0.3 is 0 Å². The molecule has 1 unspecified atom stereocenters. The van der Waals surface area contributed by atoms with Gasteiger partial charge in [-0.15, -0.1) is 11.8 Å². The molecule has 0 aromatic heterocycles. The Kier molecular flexibility index (Phi) is 10.2. The molecule has 0 aliphatic heterocycles. The number of halogens is 1. The first kappa shape index (κ1) is 31.0. The van der Waals surface area contributed by atoms with E-state index in [1.807, 2.05) is 61.5 Å². The van der Waals surface area contributed by atoms with Gasteiger partial charge in [0.1, 0.15) is 16.8 Å². The monoisotopic (exact) mass is 615 g/mol. The average molecular weight is 616 g/mol. The van der Waals surface area contributed by atoms with Crippen molar-refractivity contribution in [1.82, 2.24) is 5.32 Å². The molecule has 0 heterocycles. The summed E-state index contributed by atoms with van der Waals surface area (Å²) in [6.07, 6.45) is 1.30. The third-order valence-electron chi connectivity index (χ3n) is 6.84. The Bertz CT molecular complexity index is 1830. The SMILES string of the molecule is Cc1ccccc1NC(=O)C(Sc1ccc(NC(=O)/C(=C/c2ccccc2F)NC(=O)c2ccccc2)cc1)c1ccccc1. The minimum absolute atomic E-state index is 0.121. The predicted octanol–water partition coefficient (Wildman–Crippen LogP) is 8.02. The molecule has 8 heteroatoms. The van der Waals surface area contributed by atoms with Gasteiger partial charge in [0, 0.05) is 27.4 Å². The molecule has 6 nitrogen and oxygen atoms in total. The zero-order chi connectivity index (χ0) is 31.6. The second kappa shape index (κ2) is 14.8. The summed E-state index contributed by atoms with van der Waals surface area (Å²) in [5.41, 5.74) is 3.40. The number of nitrogens with one attached hydrogen (secondary N) is 3. The molecule has 0 spiro atoms. The lowest BCUT2D eigenvalue weighted by Gasteiger charge is -2.18. The standard InChI is InChI=1S/C37H30FN3O3S/c1-25-12-8-11-19-32(25)40-37(44)34(26-13-4-2-5-14-26)45-30-22-20-29(21-23-30)39-36(43)33(24-28-17-9-10-18-31(28)38)41-35(42)27-15-6-3-7-16-27/h2-24,34H,1H3,(H,39,43)(H,40,44)(H,41,42)/b33-24-. The van der Waals surface area contributed by atoms with Crippen molar-refractivity contribution < 1.29 is 18.8 Å². The number of hydrogen-bond donors (Lipinski definition) is 3. The van der Waals surface area contributed by atoms with Crippen LogP contribution in [0, 0.1) is 12.7 Å². The Morgan fingerprint density at radius 2 is 1.33 bits per heavy atom. The maximum absolute atomic E-state index is 14.5. The summed E-state index contributed by atoms with van der Waals surface area (Å²) in [5.74, 6) is -1.81. The van der Waals surface area contributed by atoms with Gasteiger partial charge in [-0.05, 0) is 72.7 Å². The fourth-order valence-corrected chi connectivity index (χ4v) is 5.48. The van der Waals surface area contributed by atoms with E-state index in [9.17, 15) is 18.8 Å². The van der Waals surface area contributed by atoms with E-state index in [0.717, 1.165) is 21.7 Å². The first-order valence-electron chi connectivity index (χ1n) is 14.2. The number of amides is 3. The molecule has 224 valence electrons. The lowest BCUT2D eigenvalue weighted by molar-refractivity contribution is -0.116. The van der Waals surface area contributed by atoms with E-state index in [0.29, 0.717) is 11.3 Å². The Morgan fingerprint density at radius 1 is 0.711 bits per heavy atom. The van der Waals surface area contributed by atoms with E-state index in [1.165, 1.54) is 30.0 Å². The van der Waals surface area contributed by atoms with Gasteiger partial charge in [-0.2, -0.15) is 0 Å². The zero-order valence-electron chi connectivity index (χ0n) is 24.4. The Labute approximate surface area is 265 Å². The molecule has 3 N–H and O–H groups in total. The van der Waals surface area contributed by atoms with Crippen LogP contribution in [0.2, 0.25) is 0 Å². The highest BCUT2D eigenvalue weighted by Gasteiger charge is 2.23. The van der Waals surface area contributed by atoms with Gasteiger partial charge in [0.25, 0.3) is 11.8 Å². The Hall–Kier alpha value is -5.47. The highest BCUT2D eigenvalue weighted by atomic mass is 32.2. The van der Waals surface area contributed by atoms with Crippen molar-refractivity contribution in [2.75, 3.05) is 10.6 Å². The number of anilines is 2. The smallest absolute Gasteiger partial charge is 0.272 e. The second-order valence-electron chi connectivity index (χ2n) is 10.1. The van der Waals surface area contributed by atoms with E-state index in [-0.39, 0.29) is 17.2 Å². The lowest BCUT2D eigenvalue weighted by atomic mass is 10.1. The van der Waals surface area contributed by atoms with Gasteiger partial charge in [-0.1, -0.05) is 84.9 Å². The van der Waals surface area contributed by atoms with Crippen LogP contribution in [0.15, 0.2) is 144 Å². The molecule has 0 saturated heterocycles. The van der Waals surface area contributed by atoms with Crippen molar-refractivity contribution in [2.45, 2.75) is 17.1 Å². The van der Waals surface area contributed by atoms with Crippen LogP contribution in [0.5, 0.6) is 0 Å². The molecule has 0 radical (unpaired) electrons. The van der Waals surface area contributed by atoms with E-state index in [2.05, 4.69) is 16.0 Å². The van der Waals surface area contributed by atoms with Gasteiger partial charge in [-0.3, -0.25) is 14.4 Å². The van der Waals surface area contributed by atoms with Crippen molar-refractivity contribution in [3.8, 4) is 0 Å². The van der Waals surface area contributed by atoms with Crippen LogP contribution >= 0.6 is 11.8 Å². The van der Waals surface area contributed by atoms with Gasteiger partial charge in [-0.25, -0.2) is 4.39 Å². The molecule has 3 amide bonds. The molecule has 0 aliphatic rings. The van der Waals surface area contributed by atoms with Crippen LogP contribution in [0.1, 0.15) is 32.3 Å². The summed E-state index contributed by atoms with van der Waals surface area (Å²) in [6.45, 7) is 1.94. The van der Waals surface area contributed by atoms with Gasteiger partial charge < -0.3 is 16.0 Å². The fraction of sp³-hybridized carbons (Fsp3) is 0.0541. The molecule has 45 heavy (non-hydrogen) atoms. The summed E-state index contributed by atoms with van der Waals surface area (Å²) in [5, 5.41) is 7.91. The van der Waals surface area contributed by atoms with E-state index in [1.54, 1.807) is 66.7 Å². The molecule has 0 aliphatic carbocycles. The Morgan fingerprint density at radius 3 is 2.02 bits per heavy atom. The molecule has 1 atom stereocenters. The highest BCUT2D eigenvalue weighted by molar-refractivity contribution is 8.00. The quantitative estimate of drug-likeness (QED) is 0.110. The predicted molar refractivity (Wildman–Crippen MR) is 178 cm³/mol. The average Bonchev–Trinajstić information content (AvgIpc) is 3.06. The molecule has 5 aromatic carbocycles. The van der Waals surface area contributed by atoms with E-state index >= 15 is 0 Å². The summed E-state index contributed by atoms with van der Waals surface area (Å²) < 4.78 is 14.5. The number of carbonyl (C=O) groups excluding carboxylic acids is 3. The second-order valence-corrected chi connectivity index (χ2v) is 11.3. The van der Waals surface area contributed by atoms with Crippen LogP contribution in [-0.4, -0.2) is 17.7 Å². The van der Waals surface area contributed by atoms with Gasteiger partial charge in [0.2, 0.25) is 5.91 Å². The molecule has 0 fully saturated rings. The van der Waals surface area contributed by atoms with Crippen LogP contribution in [0.3, 0.4) is 0 Å². The number of thioether (sulfide) groups is 1. The summed E-state index contributed by atoms with van der Waals surface area (Å²) in [7, 11) is 0. The minimum atomic E-state index is -0.622. The molecule has 0 saturated carbocycles.